The molecule has 2 atom stereocenters. The smallest absolute Gasteiger partial charge is 0.338 e. The molecule has 1 aliphatic carbocycles. The van der Waals surface area contributed by atoms with Crippen molar-refractivity contribution in [2.45, 2.75) is 32.3 Å². The molecule has 2 rings (SSSR count). The average molecular weight is 264 g/mol. The number of carbonyl (C=O) groups is 1. The van der Waals surface area contributed by atoms with Crippen molar-refractivity contribution in [2.75, 3.05) is 6.54 Å². The third kappa shape index (κ3) is 3.61. The first kappa shape index (κ1) is 13.7. The Balaban J connectivity index is 1.89. The van der Waals surface area contributed by atoms with Gasteiger partial charge in [-0.25, -0.2) is 9.86 Å². The molecule has 1 aliphatic rings. The van der Waals surface area contributed by atoms with E-state index in [2.05, 4.69) is 0 Å². The number of benzene rings is 1. The van der Waals surface area contributed by atoms with Crippen LogP contribution in [-0.4, -0.2) is 29.0 Å². The second-order valence-electron chi connectivity index (χ2n) is 5.26. The average Bonchev–Trinajstić information content (AvgIpc) is 3.08. The van der Waals surface area contributed by atoms with Crippen LogP contribution in [0.2, 0.25) is 0 Å². The molecule has 19 heavy (non-hydrogen) atoms. The first-order valence-electron chi connectivity index (χ1n) is 6.50. The van der Waals surface area contributed by atoms with Crippen LogP contribution in [0.1, 0.15) is 31.7 Å². The summed E-state index contributed by atoms with van der Waals surface area (Å²) in [5, 5.41) is 9.87. The van der Waals surface area contributed by atoms with Gasteiger partial charge >= 0.3 is 6.03 Å². The molecular weight excluding hydrogens is 244 g/mol. The van der Waals surface area contributed by atoms with Gasteiger partial charge in [0.15, 0.2) is 0 Å². The van der Waals surface area contributed by atoms with E-state index in [1.807, 2.05) is 38.1 Å². The molecule has 0 saturated heterocycles. The largest absolute Gasteiger partial charge is 0.491 e. The maximum absolute atomic E-state index is 10.7. The number of nitrogens with zero attached hydrogens (tertiary/aromatic N) is 1. The first-order valence-corrected chi connectivity index (χ1v) is 6.50. The fourth-order valence-electron chi connectivity index (χ4n) is 2.24. The molecule has 0 bridgehead atoms. The van der Waals surface area contributed by atoms with Crippen LogP contribution in [0, 0.1) is 5.92 Å². The van der Waals surface area contributed by atoms with Crippen LogP contribution in [-0.2, 0) is 0 Å². The van der Waals surface area contributed by atoms with E-state index in [4.69, 9.17) is 10.5 Å². The van der Waals surface area contributed by atoms with Crippen molar-refractivity contribution in [3.05, 3.63) is 29.8 Å². The van der Waals surface area contributed by atoms with E-state index in [1.165, 1.54) is 5.56 Å². The summed E-state index contributed by atoms with van der Waals surface area (Å²) in [5.41, 5.74) is 6.19. The third-order valence-electron chi connectivity index (χ3n) is 3.26. The molecule has 3 N–H and O–H groups in total. The molecule has 0 radical (unpaired) electrons. The molecule has 0 heterocycles. The van der Waals surface area contributed by atoms with Crippen LogP contribution < -0.4 is 10.5 Å². The van der Waals surface area contributed by atoms with Crippen molar-refractivity contribution in [1.82, 2.24) is 5.06 Å². The van der Waals surface area contributed by atoms with Gasteiger partial charge in [-0.15, -0.1) is 0 Å². The molecule has 1 fully saturated rings. The molecule has 2 unspecified atom stereocenters. The van der Waals surface area contributed by atoms with Gasteiger partial charge in [-0.3, -0.25) is 5.21 Å². The normalized spacial score (nSPS) is 21.3. The molecule has 104 valence electrons. The summed E-state index contributed by atoms with van der Waals surface area (Å²) < 4.78 is 5.58. The Bertz CT molecular complexity index is 445. The third-order valence-corrected chi connectivity index (χ3v) is 3.26. The van der Waals surface area contributed by atoms with E-state index in [0.29, 0.717) is 17.5 Å². The van der Waals surface area contributed by atoms with E-state index in [0.717, 1.165) is 12.2 Å². The molecule has 1 saturated carbocycles. The SMILES string of the molecule is CC(C)Oc1ccc(C2CC2CN(O)C(N)=O)cc1. The minimum atomic E-state index is -0.800. The number of urea groups is 1. The summed E-state index contributed by atoms with van der Waals surface area (Å²) in [4.78, 5) is 10.7. The fourth-order valence-corrected chi connectivity index (χ4v) is 2.24. The fraction of sp³-hybridized carbons (Fsp3) is 0.500. The summed E-state index contributed by atoms with van der Waals surface area (Å²) in [6.07, 6.45) is 1.13. The molecule has 1 aromatic carbocycles. The van der Waals surface area contributed by atoms with Crippen molar-refractivity contribution < 1.29 is 14.7 Å². The lowest BCUT2D eigenvalue weighted by atomic mass is 10.1. The number of primary amides is 1. The zero-order chi connectivity index (χ0) is 14.0. The van der Waals surface area contributed by atoms with E-state index in [9.17, 15) is 10.0 Å². The monoisotopic (exact) mass is 264 g/mol. The van der Waals surface area contributed by atoms with Crippen LogP contribution >= 0.6 is 0 Å². The summed E-state index contributed by atoms with van der Waals surface area (Å²) >= 11 is 0. The Hall–Kier alpha value is -1.75. The number of hydrogen-bond acceptors (Lipinski definition) is 3. The van der Waals surface area contributed by atoms with Crippen LogP contribution in [0.3, 0.4) is 0 Å². The molecular formula is C14H20N2O3. The Morgan fingerprint density at radius 2 is 2.11 bits per heavy atom. The van der Waals surface area contributed by atoms with Crippen molar-refractivity contribution in [3.8, 4) is 5.75 Å². The lowest BCUT2D eigenvalue weighted by Gasteiger charge is -2.12. The zero-order valence-corrected chi connectivity index (χ0v) is 11.2. The maximum atomic E-state index is 10.7. The predicted molar refractivity (Wildman–Crippen MR) is 71.1 cm³/mol. The van der Waals surface area contributed by atoms with Crippen molar-refractivity contribution >= 4 is 6.03 Å². The minimum Gasteiger partial charge on any atom is -0.491 e. The Labute approximate surface area is 112 Å². The first-order chi connectivity index (χ1) is 8.97. The topological polar surface area (TPSA) is 75.8 Å². The van der Waals surface area contributed by atoms with Gasteiger partial charge in [-0.2, -0.15) is 0 Å². The zero-order valence-electron chi connectivity index (χ0n) is 11.2. The highest BCUT2D eigenvalue weighted by Crippen LogP contribution is 2.47. The van der Waals surface area contributed by atoms with Gasteiger partial charge in [-0.05, 0) is 49.8 Å². The van der Waals surface area contributed by atoms with Crippen LogP contribution in [0.15, 0.2) is 24.3 Å². The molecule has 0 aromatic heterocycles. The van der Waals surface area contributed by atoms with Gasteiger partial charge in [-0.1, -0.05) is 12.1 Å². The van der Waals surface area contributed by atoms with E-state index in [-0.39, 0.29) is 12.0 Å². The lowest BCUT2D eigenvalue weighted by molar-refractivity contribution is -0.0431. The molecule has 2 amide bonds. The van der Waals surface area contributed by atoms with Crippen molar-refractivity contribution in [3.63, 3.8) is 0 Å². The second kappa shape index (κ2) is 5.48. The highest BCUT2D eigenvalue weighted by Gasteiger charge is 2.39. The van der Waals surface area contributed by atoms with Gasteiger partial charge < -0.3 is 10.5 Å². The molecule has 5 heteroatoms. The number of nitrogens with two attached hydrogens (primary N) is 1. The molecule has 0 aliphatic heterocycles. The Morgan fingerprint density at radius 3 is 2.63 bits per heavy atom. The summed E-state index contributed by atoms with van der Waals surface area (Å²) in [6.45, 7) is 4.28. The van der Waals surface area contributed by atoms with Crippen LogP contribution in [0.4, 0.5) is 4.79 Å². The number of carbonyl (C=O) groups excluding carboxylic acids is 1. The van der Waals surface area contributed by atoms with E-state index < -0.39 is 6.03 Å². The Kier molecular flexibility index (Phi) is 3.95. The van der Waals surface area contributed by atoms with Gasteiger partial charge in [0.05, 0.1) is 12.6 Å². The highest BCUT2D eigenvalue weighted by molar-refractivity contribution is 5.70. The maximum Gasteiger partial charge on any atom is 0.338 e. The summed E-state index contributed by atoms with van der Waals surface area (Å²) in [5.74, 6) is 1.54. The highest BCUT2D eigenvalue weighted by atomic mass is 16.5. The molecule has 0 spiro atoms. The number of amides is 2. The number of ether oxygens (including phenoxy) is 1. The molecule has 5 nitrogen and oxygen atoms in total. The molecule has 1 aromatic rings. The predicted octanol–water partition coefficient (Wildman–Crippen LogP) is 2.35. The van der Waals surface area contributed by atoms with E-state index >= 15 is 0 Å². The quantitative estimate of drug-likeness (QED) is 0.633. The van der Waals surface area contributed by atoms with E-state index in [1.54, 1.807) is 0 Å². The standard InChI is InChI=1S/C14H20N2O3/c1-9(2)19-12-5-3-10(4-6-12)13-7-11(13)8-16(18)14(15)17/h3-6,9,11,13,18H,7-8H2,1-2H3,(H2,15,17). The van der Waals surface area contributed by atoms with Gasteiger partial charge in [0.2, 0.25) is 0 Å². The number of hydrogen-bond donors (Lipinski definition) is 2. The lowest BCUT2D eigenvalue weighted by Crippen LogP contribution is -2.34. The minimum absolute atomic E-state index is 0.165. The van der Waals surface area contributed by atoms with Gasteiger partial charge in [0.1, 0.15) is 5.75 Å². The summed E-state index contributed by atoms with van der Waals surface area (Å²) in [7, 11) is 0. The Morgan fingerprint density at radius 1 is 1.47 bits per heavy atom. The number of rotatable bonds is 5. The summed E-state index contributed by atoms with van der Waals surface area (Å²) in [6, 6.07) is 7.18. The number of hydroxylamine groups is 2. The van der Waals surface area contributed by atoms with Crippen molar-refractivity contribution in [2.24, 2.45) is 11.7 Å². The van der Waals surface area contributed by atoms with Gasteiger partial charge in [0.25, 0.3) is 0 Å². The van der Waals surface area contributed by atoms with Crippen molar-refractivity contribution in [1.29, 1.82) is 0 Å². The van der Waals surface area contributed by atoms with Crippen LogP contribution in [0.25, 0.3) is 0 Å². The van der Waals surface area contributed by atoms with Crippen LogP contribution in [0.5, 0.6) is 5.75 Å². The van der Waals surface area contributed by atoms with Gasteiger partial charge in [0, 0.05) is 0 Å². The second-order valence-corrected chi connectivity index (χ2v) is 5.26.